The monoisotopic (exact) mass is 163 g/mol. The molecule has 66 valence electrons. The number of nitrogens with two attached hydrogens (primary N) is 1. The Kier molecular flexibility index (Phi) is 1.65. The fourth-order valence-electron chi connectivity index (χ4n) is 2.39. The van der Waals surface area contributed by atoms with Gasteiger partial charge < -0.3 is 5.73 Å². The predicted molar refractivity (Wildman–Crippen MR) is 51.8 cm³/mol. The minimum absolute atomic E-state index is 0.0782. The highest BCUT2D eigenvalue weighted by molar-refractivity contribution is 5.45. The zero-order chi connectivity index (χ0) is 8.77. The zero-order valence-electron chi connectivity index (χ0n) is 7.93. The van der Waals surface area contributed by atoms with Crippen LogP contribution in [0.5, 0.6) is 0 Å². The summed E-state index contributed by atoms with van der Waals surface area (Å²) in [5.74, 6) is 0.683. The van der Waals surface area contributed by atoms with E-state index < -0.39 is 0 Å². The van der Waals surface area contributed by atoms with Gasteiger partial charge in [0, 0.05) is 11.5 Å². The third kappa shape index (κ3) is 0.893. The highest BCUT2D eigenvalue weighted by Gasteiger charge is 2.54. The van der Waals surface area contributed by atoms with E-state index in [9.17, 15) is 0 Å². The molecule has 0 aliphatic heterocycles. The number of allylic oxidation sites excluding steroid dienone is 2. The molecule has 0 radical (unpaired) electrons. The molecule has 0 saturated heterocycles. The first-order valence-corrected chi connectivity index (χ1v) is 4.91. The summed E-state index contributed by atoms with van der Waals surface area (Å²) in [7, 11) is 0. The first-order chi connectivity index (χ1) is 5.72. The molecule has 0 spiro atoms. The van der Waals surface area contributed by atoms with Gasteiger partial charge >= 0.3 is 0 Å². The standard InChI is InChI=1S/C11H17N/c1-3-8-5-6-9(4-2)11(12)7-10(8)11/h5-6,10H,3-4,7,12H2,1-2H3/t10-,11-/m0/s1. The molecule has 2 rings (SSSR count). The van der Waals surface area contributed by atoms with Crippen molar-refractivity contribution in [2.24, 2.45) is 11.7 Å². The van der Waals surface area contributed by atoms with E-state index in [1.54, 1.807) is 5.57 Å². The lowest BCUT2D eigenvalue weighted by Crippen LogP contribution is -2.29. The van der Waals surface area contributed by atoms with E-state index in [0.29, 0.717) is 5.92 Å². The third-order valence-electron chi connectivity index (χ3n) is 3.34. The van der Waals surface area contributed by atoms with Gasteiger partial charge in [0.25, 0.3) is 0 Å². The highest BCUT2D eigenvalue weighted by Crippen LogP contribution is 2.54. The zero-order valence-corrected chi connectivity index (χ0v) is 7.93. The minimum atomic E-state index is 0.0782. The van der Waals surface area contributed by atoms with E-state index in [2.05, 4.69) is 26.0 Å². The lowest BCUT2D eigenvalue weighted by atomic mass is 9.91. The molecule has 0 aromatic carbocycles. The molecule has 2 atom stereocenters. The molecule has 12 heavy (non-hydrogen) atoms. The van der Waals surface area contributed by atoms with Crippen LogP contribution in [0, 0.1) is 5.92 Å². The van der Waals surface area contributed by atoms with Crippen LogP contribution in [-0.2, 0) is 0 Å². The quantitative estimate of drug-likeness (QED) is 0.664. The van der Waals surface area contributed by atoms with E-state index >= 15 is 0 Å². The molecule has 2 aliphatic carbocycles. The van der Waals surface area contributed by atoms with E-state index in [1.165, 1.54) is 12.0 Å². The SMILES string of the molecule is CCC1=CC=C(CC)[C@@]2(N)C[C@@H]12. The van der Waals surface area contributed by atoms with Gasteiger partial charge in [0.1, 0.15) is 0 Å². The lowest BCUT2D eigenvalue weighted by molar-refractivity contribution is 0.678. The van der Waals surface area contributed by atoms with Gasteiger partial charge in [-0.2, -0.15) is 0 Å². The molecular formula is C11H17N. The van der Waals surface area contributed by atoms with E-state index in [4.69, 9.17) is 5.73 Å². The van der Waals surface area contributed by atoms with Gasteiger partial charge in [-0.3, -0.25) is 0 Å². The van der Waals surface area contributed by atoms with Crippen molar-refractivity contribution >= 4 is 0 Å². The third-order valence-corrected chi connectivity index (χ3v) is 3.34. The predicted octanol–water partition coefficient (Wildman–Crippen LogP) is 2.39. The van der Waals surface area contributed by atoms with Crippen molar-refractivity contribution in [2.75, 3.05) is 0 Å². The maximum absolute atomic E-state index is 6.26. The van der Waals surface area contributed by atoms with Crippen LogP contribution in [-0.4, -0.2) is 5.54 Å². The van der Waals surface area contributed by atoms with Crippen molar-refractivity contribution < 1.29 is 0 Å². The smallest absolute Gasteiger partial charge is 0.0445 e. The van der Waals surface area contributed by atoms with Crippen LogP contribution < -0.4 is 5.73 Å². The van der Waals surface area contributed by atoms with Crippen molar-refractivity contribution in [3.05, 3.63) is 23.3 Å². The van der Waals surface area contributed by atoms with Crippen molar-refractivity contribution in [2.45, 2.75) is 38.6 Å². The molecule has 1 heteroatoms. The Morgan fingerprint density at radius 2 is 2.17 bits per heavy atom. The van der Waals surface area contributed by atoms with Gasteiger partial charge in [-0.05, 0) is 19.3 Å². The molecule has 0 unspecified atom stereocenters. The molecule has 2 aliphatic rings. The largest absolute Gasteiger partial charge is 0.321 e. The van der Waals surface area contributed by atoms with Crippen molar-refractivity contribution in [1.29, 1.82) is 0 Å². The maximum Gasteiger partial charge on any atom is 0.0445 e. The van der Waals surface area contributed by atoms with Gasteiger partial charge in [-0.25, -0.2) is 0 Å². The fraction of sp³-hybridized carbons (Fsp3) is 0.636. The van der Waals surface area contributed by atoms with E-state index in [-0.39, 0.29) is 5.54 Å². The molecule has 0 bridgehead atoms. The highest BCUT2D eigenvalue weighted by atomic mass is 14.9. The molecule has 0 heterocycles. The molecule has 2 N–H and O–H groups in total. The average molecular weight is 163 g/mol. The second kappa shape index (κ2) is 2.46. The minimum Gasteiger partial charge on any atom is -0.321 e. The summed E-state index contributed by atoms with van der Waals surface area (Å²) in [6.07, 6.45) is 7.98. The van der Waals surface area contributed by atoms with Crippen molar-refractivity contribution in [3.8, 4) is 0 Å². The first kappa shape index (κ1) is 8.06. The Balaban J connectivity index is 2.29. The van der Waals surface area contributed by atoms with Crippen LogP contribution in [0.3, 0.4) is 0 Å². The summed E-state index contributed by atoms with van der Waals surface area (Å²) in [5.41, 5.74) is 9.34. The van der Waals surface area contributed by atoms with Crippen molar-refractivity contribution in [1.82, 2.24) is 0 Å². The first-order valence-electron chi connectivity index (χ1n) is 4.91. The summed E-state index contributed by atoms with van der Waals surface area (Å²) >= 11 is 0. The summed E-state index contributed by atoms with van der Waals surface area (Å²) < 4.78 is 0. The molecular weight excluding hydrogens is 146 g/mol. The normalized spacial score (nSPS) is 38.4. The number of fused-ring (bicyclic) bond motifs is 1. The second-order valence-electron chi connectivity index (χ2n) is 3.94. The number of rotatable bonds is 2. The average Bonchev–Trinajstić information content (AvgIpc) is 2.75. The van der Waals surface area contributed by atoms with Gasteiger partial charge in [-0.15, -0.1) is 0 Å². The van der Waals surface area contributed by atoms with Gasteiger partial charge in [0.2, 0.25) is 0 Å². The summed E-state index contributed by atoms with van der Waals surface area (Å²) in [6, 6.07) is 0. The Morgan fingerprint density at radius 3 is 2.75 bits per heavy atom. The van der Waals surface area contributed by atoms with Crippen LogP contribution >= 0.6 is 0 Å². The molecule has 0 amide bonds. The number of hydrogen-bond acceptors (Lipinski definition) is 1. The van der Waals surface area contributed by atoms with E-state index in [0.717, 1.165) is 12.8 Å². The maximum atomic E-state index is 6.26. The Hall–Kier alpha value is -0.560. The molecule has 0 aromatic heterocycles. The Bertz CT molecular complexity index is 262. The van der Waals surface area contributed by atoms with Gasteiger partial charge in [0.15, 0.2) is 0 Å². The lowest BCUT2D eigenvalue weighted by Gasteiger charge is -2.19. The van der Waals surface area contributed by atoms with Crippen LogP contribution in [0.1, 0.15) is 33.1 Å². The second-order valence-corrected chi connectivity index (χ2v) is 3.94. The Labute approximate surface area is 74.3 Å². The fourth-order valence-corrected chi connectivity index (χ4v) is 2.39. The summed E-state index contributed by atoms with van der Waals surface area (Å²) in [4.78, 5) is 0. The molecule has 0 aromatic rings. The Morgan fingerprint density at radius 1 is 1.42 bits per heavy atom. The molecule has 1 fully saturated rings. The van der Waals surface area contributed by atoms with Crippen LogP contribution in [0.25, 0.3) is 0 Å². The summed E-state index contributed by atoms with van der Waals surface area (Å²) in [6.45, 7) is 4.41. The van der Waals surface area contributed by atoms with Crippen molar-refractivity contribution in [3.63, 3.8) is 0 Å². The topological polar surface area (TPSA) is 26.0 Å². The summed E-state index contributed by atoms with van der Waals surface area (Å²) in [5, 5.41) is 0. The molecule has 1 saturated carbocycles. The van der Waals surface area contributed by atoms with Crippen LogP contribution in [0.4, 0.5) is 0 Å². The van der Waals surface area contributed by atoms with Gasteiger partial charge in [-0.1, -0.05) is 37.1 Å². The van der Waals surface area contributed by atoms with Gasteiger partial charge in [0.05, 0.1) is 0 Å². The van der Waals surface area contributed by atoms with Crippen LogP contribution in [0.15, 0.2) is 23.3 Å². The van der Waals surface area contributed by atoms with E-state index in [1.807, 2.05) is 0 Å². The number of hydrogen-bond donors (Lipinski definition) is 1. The van der Waals surface area contributed by atoms with Crippen LogP contribution in [0.2, 0.25) is 0 Å². The molecule has 1 nitrogen and oxygen atoms in total.